The molecule has 0 aliphatic heterocycles. The summed E-state index contributed by atoms with van der Waals surface area (Å²) in [5, 5.41) is 21.9. The fourth-order valence-electron chi connectivity index (χ4n) is 2.82. The van der Waals surface area contributed by atoms with E-state index >= 15 is 0 Å². The van der Waals surface area contributed by atoms with Crippen molar-refractivity contribution in [1.29, 1.82) is 0 Å². The van der Waals surface area contributed by atoms with Crippen LogP contribution in [0.3, 0.4) is 0 Å². The Bertz CT molecular complexity index is 422. The summed E-state index contributed by atoms with van der Waals surface area (Å²) in [6, 6.07) is 6.51. The van der Waals surface area contributed by atoms with E-state index in [9.17, 15) is 15.0 Å². The van der Waals surface area contributed by atoms with Crippen LogP contribution in [0.15, 0.2) is 24.3 Å². The molecule has 4 nitrogen and oxygen atoms in total. The molecule has 1 aliphatic rings. The minimum absolute atomic E-state index is 0.206. The van der Waals surface area contributed by atoms with Crippen LogP contribution in [-0.2, 0) is 11.2 Å². The predicted octanol–water partition coefficient (Wildman–Crippen LogP) is 2.70. The molecule has 1 aromatic rings. The van der Waals surface area contributed by atoms with Crippen molar-refractivity contribution >= 4 is 5.97 Å². The van der Waals surface area contributed by atoms with Gasteiger partial charge in [0.1, 0.15) is 11.8 Å². The van der Waals surface area contributed by atoms with E-state index in [1.54, 1.807) is 24.3 Å². The molecule has 1 unspecified atom stereocenters. The smallest absolute Gasteiger partial charge is 0.321 e. The summed E-state index contributed by atoms with van der Waals surface area (Å²) in [6.45, 7) is 0. The van der Waals surface area contributed by atoms with Gasteiger partial charge in [-0.05, 0) is 37.0 Å². The van der Waals surface area contributed by atoms with Crippen LogP contribution in [0.4, 0.5) is 0 Å². The Balaban J connectivity index is 1.95. The van der Waals surface area contributed by atoms with Gasteiger partial charge in [-0.25, -0.2) is 0 Å². The fraction of sp³-hybridized carbons (Fsp3) is 0.562. The van der Waals surface area contributed by atoms with Crippen LogP contribution in [0, 0.1) is 0 Å². The standard InChI is InChI=1S/C16H23NO3/c18-14-9-7-12(8-10-14)11-15(16(19)20)17-13-5-3-1-2-4-6-13/h7-10,13,15,17-18H,1-6,11H2,(H,19,20). The molecule has 1 saturated carbocycles. The number of benzene rings is 1. The van der Waals surface area contributed by atoms with E-state index in [-0.39, 0.29) is 5.75 Å². The van der Waals surface area contributed by atoms with E-state index in [0.717, 1.165) is 18.4 Å². The maximum absolute atomic E-state index is 11.4. The SMILES string of the molecule is O=C(O)C(Cc1ccc(O)cc1)NC1CCCCCC1. The second-order valence-corrected chi connectivity index (χ2v) is 5.62. The summed E-state index contributed by atoms with van der Waals surface area (Å²) in [7, 11) is 0. The summed E-state index contributed by atoms with van der Waals surface area (Å²) in [5.41, 5.74) is 0.927. The number of phenolic OH excluding ortho intramolecular Hbond substituents is 1. The highest BCUT2D eigenvalue weighted by Gasteiger charge is 2.22. The van der Waals surface area contributed by atoms with E-state index in [2.05, 4.69) is 5.32 Å². The Morgan fingerprint density at radius 3 is 2.30 bits per heavy atom. The van der Waals surface area contributed by atoms with Gasteiger partial charge in [-0.3, -0.25) is 4.79 Å². The lowest BCUT2D eigenvalue weighted by Gasteiger charge is -2.22. The molecular formula is C16H23NO3. The highest BCUT2D eigenvalue weighted by atomic mass is 16.4. The topological polar surface area (TPSA) is 69.6 Å². The Hall–Kier alpha value is -1.55. The number of rotatable bonds is 5. The van der Waals surface area contributed by atoms with Crippen LogP contribution < -0.4 is 5.32 Å². The van der Waals surface area contributed by atoms with Crippen molar-refractivity contribution in [3.63, 3.8) is 0 Å². The minimum atomic E-state index is -0.803. The first kappa shape index (κ1) is 14.9. The average Bonchev–Trinajstić information content (AvgIpc) is 2.69. The highest BCUT2D eigenvalue weighted by Crippen LogP contribution is 2.18. The summed E-state index contributed by atoms with van der Waals surface area (Å²) >= 11 is 0. The normalized spacial score (nSPS) is 18.4. The molecule has 110 valence electrons. The molecule has 2 rings (SSSR count). The zero-order valence-corrected chi connectivity index (χ0v) is 11.7. The molecule has 0 heterocycles. The Morgan fingerprint density at radius 1 is 1.15 bits per heavy atom. The van der Waals surface area contributed by atoms with Gasteiger partial charge in [-0.2, -0.15) is 0 Å². The van der Waals surface area contributed by atoms with E-state index in [1.807, 2.05) is 0 Å². The molecule has 1 aliphatic carbocycles. The molecule has 0 bridgehead atoms. The van der Waals surface area contributed by atoms with Crippen LogP contribution in [-0.4, -0.2) is 28.3 Å². The van der Waals surface area contributed by atoms with Gasteiger partial charge < -0.3 is 15.5 Å². The highest BCUT2D eigenvalue weighted by molar-refractivity contribution is 5.74. The predicted molar refractivity (Wildman–Crippen MR) is 77.9 cm³/mol. The molecule has 1 atom stereocenters. The van der Waals surface area contributed by atoms with Crippen molar-refractivity contribution in [2.24, 2.45) is 0 Å². The zero-order chi connectivity index (χ0) is 14.4. The average molecular weight is 277 g/mol. The first-order valence-corrected chi connectivity index (χ1v) is 7.42. The van der Waals surface area contributed by atoms with Crippen LogP contribution in [0.1, 0.15) is 44.1 Å². The molecule has 0 spiro atoms. The molecular weight excluding hydrogens is 254 g/mol. The van der Waals surface area contributed by atoms with E-state index in [0.29, 0.717) is 12.5 Å². The largest absolute Gasteiger partial charge is 0.508 e. The molecule has 0 aromatic heterocycles. The van der Waals surface area contributed by atoms with Gasteiger partial charge in [0.05, 0.1) is 0 Å². The molecule has 3 N–H and O–H groups in total. The number of aliphatic carboxylic acids is 1. The third-order valence-corrected chi connectivity index (χ3v) is 3.97. The monoisotopic (exact) mass is 277 g/mol. The first-order chi connectivity index (χ1) is 9.65. The van der Waals surface area contributed by atoms with Gasteiger partial charge in [-0.1, -0.05) is 37.8 Å². The summed E-state index contributed by atoms with van der Waals surface area (Å²) in [6.07, 6.45) is 7.47. The van der Waals surface area contributed by atoms with E-state index in [1.165, 1.54) is 25.7 Å². The van der Waals surface area contributed by atoms with Crippen molar-refractivity contribution in [1.82, 2.24) is 5.32 Å². The number of carbonyl (C=O) groups is 1. The molecule has 0 radical (unpaired) electrons. The molecule has 1 aromatic carbocycles. The number of aromatic hydroxyl groups is 1. The van der Waals surface area contributed by atoms with E-state index < -0.39 is 12.0 Å². The lowest BCUT2D eigenvalue weighted by molar-refractivity contribution is -0.139. The number of carboxylic acids is 1. The maximum Gasteiger partial charge on any atom is 0.321 e. The Morgan fingerprint density at radius 2 is 1.75 bits per heavy atom. The lowest BCUT2D eigenvalue weighted by Crippen LogP contribution is -2.44. The van der Waals surface area contributed by atoms with Gasteiger partial charge in [-0.15, -0.1) is 0 Å². The van der Waals surface area contributed by atoms with Crippen molar-refractivity contribution in [3.05, 3.63) is 29.8 Å². The molecule has 1 fully saturated rings. The van der Waals surface area contributed by atoms with Gasteiger partial charge in [0, 0.05) is 6.04 Å². The molecule has 0 saturated heterocycles. The second-order valence-electron chi connectivity index (χ2n) is 5.62. The molecule has 20 heavy (non-hydrogen) atoms. The molecule has 4 heteroatoms. The Labute approximate surface area is 119 Å². The summed E-state index contributed by atoms with van der Waals surface area (Å²) in [5.74, 6) is -0.598. The van der Waals surface area contributed by atoms with Crippen LogP contribution in [0.2, 0.25) is 0 Å². The van der Waals surface area contributed by atoms with Gasteiger partial charge in [0.2, 0.25) is 0 Å². The third kappa shape index (κ3) is 4.53. The third-order valence-electron chi connectivity index (χ3n) is 3.97. The number of hydrogen-bond acceptors (Lipinski definition) is 3. The van der Waals surface area contributed by atoms with Crippen LogP contribution >= 0.6 is 0 Å². The minimum Gasteiger partial charge on any atom is -0.508 e. The number of carboxylic acid groups (broad SMARTS) is 1. The summed E-state index contributed by atoms with van der Waals surface area (Å²) in [4.78, 5) is 11.4. The van der Waals surface area contributed by atoms with Crippen LogP contribution in [0.5, 0.6) is 5.75 Å². The lowest BCUT2D eigenvalue weighted by atomic mass is 10.0. The maximum atomic E-state index is 11.4. The number of hydrogen-bond donors (Lipinski definition) is 3. The number of nitrogens with one attached hydrogen (secondary N) is 1. The fourth-order valence-corrected chi connectivity index (χ4v) is 2.82. The quantitative estimate of drug-likeness (QED) is 0.724. The number of phenols is 1. The molecule has 0 amide bonds. The Kier molecular flexibility index (Phi) is 5.41. The first-order valence-electron chi connectivity index (χ1n) is 7.42. The second kappa shape index (κ2) is 7.29. The van der Waals surface area contributed by atoms with E-state index in [4.69, 9.17) is 0 Å². The van der Waals surface area contributed by atoms with Crippen molar-refractivity contribution in [2.75, 3.05) is 0 Å². The van der Waals surface area contributed by atoms with Crippen LogP contribution in [0.25, 0.3) is 0 Å². The van der Waals surface area contributed by atoms with Crippen molar-refractivity contribution in [3.8, 4) is 5.75 Å². The van der Waals surface area contributed by atoms with Gasteiger partial charge >= 0.3 is 5.97 Å². The van der Waals surface area contributed by atoms with Gasteiger partial charge in [0.15, 0.2) is 0 Å². The van der Waals surface area contributed by atoms with Crippen molar-refractivity contribution < 1.29 is 15.0 Å². The zero-order valence-electron chi connectivity index (χ0n) is 11.7. The van der Waals surface area contributed by atoms with Crippen molar-refractivity contribution in [2.45, 2.75) is 57.0 Å². The summed E-state index contributed by atoms with van der Waals surface area (Å²) < 4.78 is 0. The van der Waals surface area contributed by atoms with Gasteiger partial charge in [0.25, 0.3) is 0 Å².